The minimum atomic E-state index is -0.371. The molecule has 0 radical (unpaired) electrons. The second-order valence-electron chi connectivity index (χ2n) is 8.88. The van der Waals surface area contributed by atoms with Crippen LogP contribution in [0.15, 0.2) is 60.6 Å². The zero-order chi connectivity index (χ0) is 23.9. The summed E-state index contributed by atoms with van der Waals surface area (Å²) < 4.78 is 3.59. The van der Waals surface area contributed by atoms with Crippen LogP contribution in [0.2, 0.25) is 0 Å². The summed E-state index contributed by atoms with van der Waals surface area (Å²) in [6.07, 6.45) is 9.32. The number of carbonyl (C=O) groups is 2. The van der Waals surface area contributed by atoms with Crippen molar-refractivity contribution in [1.29, 1.82) is 0 Å². The van der Waals surface area contributed by atoms with Gasteiger partial charge in [-0.3, -0.25) is 14.9 Å². The fourth-order valence-electron chi connectivity index (χ4n) is 4.28. The molecule has 10 heteroatoms. The summed E-state index contributed by atoms with van der Waals surface area (Å²) in [7, 11) is 0. The third kappa shape index (κ3) is 4.14. The van der Waals surface area contributed by atoms with E-state index in [1.165, 1.54) is 0 Å². The van der Waals surface area contributed by atoms with E-state index in [2.05, 4.69) is 39.1 Å². The lowest BCUT2D eigenvalue weighted by Crippen LogP contribution is -2.19. The molecular weight excluding hydrogens is 444 g/mol. The van der Waals surface area contributed by atoms with Crippen LogP contribution in [0.4, 0.5) is 11.6 Å². The highest BCUT2D eigenvalue weighted by molar-refractivity contribution is 6.15. The van der Waals surface area contributed by atoms with Gasteiger partial charge in [0.05, 0.1) is 24.3 Å². The first kappa shape index (κ1) is 21.1. The van der Waals surface area contributed by atoms with Crippen molar-refractivity contribution in [2.75, 3.05) is 10.6 Å². The highest BCUT2D eigenvalue weighted by atomic mass is 16.2. The van der Waals surface area contributed by atoms with Crippen LogP contribution < -0.4 is 16.0 Å². The molecule has 3 N–H and O–H groups in total. The number of amides is 2. The summed E-state index contributed by atoms with van der Waals surface area (Å²) in [4.78, 5) is 28.5. The molecule has 2 amide bonds. The molecule has 10 nitrogen and oxygen atoms in total. The average molecular weight is 469 g/mol. The Labute approximate surface area is 201 Å². The number of para-hydroxylation sites is 1. The third-order valence-corrected chi connectivity index (χ3v) is 6.17. The molecule has 176 valence electrons. The van der Waals surface area contributed by atoms with E-state index in [-0.39, 0.29) is 24.3 Å². The van der Waals surface area contributed by atoms with Crippen LogP contribution in [0, 0.1) is 0 Å². The predicted molar refractivity (Wildman–Crippen MR) is 131 cm³/mol. The first-order valence-corrected chi connectivity index (χ1v) is 11.6. The topological polar surface area (TPSA) is 118 Å². The van der Waals surface area contributed by atoms with E-state index in [1.54, 1.807) is 23.0 Å². The first-order valence-electron chi connectivity index (χ1n) is 11.6. The number of imide groups is 1. The maximum Gasteiger partial charge on any atom is 0.254 e. The molecule has 35 heavy (non-hydrogen) atoms. The first-order chi connectivity index (χ1) is 17.0. The highest BCUT2D eigenvalue weighted by Gasteiger charge is 2.26. The van der Waals surface area contributed by atoms with Gasteiger partial charge in [0.1, 0.15) is 11.6 Å². The number of anilines is 2. The fraction of sp³-hybridized carbons (Fsp3) is 0.240. The van der Waals surface area contributed by atoms with Gasteiger partial charge in [-0.25, -0.2) is 9.67 Å². The number of nitrogens with one attached hydrogen (secondary N) is 3. The van der Waals surface area contributed by atoms with Gasteiger partial charge in [-0.2, -0.15) is 14.7 Å². The largest absolute Gasteiger partial charge is 0.367 e. The molecule has 4 aromatic rings. The smallest absolute Gasteiger partial charge is 0.254 e. The van der Waals surface area contributed by atoms with Gasteiger partial charge in [-0.1, -0.05) is 18.2 Å². The van der Waals surface area contributed by atoms with E-state index >= 15 is 0 Å². The van der Waals surface area contributed by atoms with Crippen LogP contribution in [0.3, 0.4) is 0 Å². The Morgan fingerprint density at radius 1 is 1.17 bits per heavy atom. The van der Waals surface area contributed by atoms with E-state index in [0.717, 1.165) is 29.9 Å². The number of hydrogen-bond donors (Lipinski definition) is 3. The Bertz CT molecular complexity index is 1470. The second-order valence-corrected chi connectivity index (χ2v) is 8.88. The number of fused-ring (bicyclic) bond motifs is 1. The Kier molecular flexibility index (Phi) is 5.05. The average Bonchev–Trinajstić information content (AvgIpc) is 3.20. The van der Waals surface area contributed by atoms with Gasteiger partial charge in [-0.15, -0.1) is 0 Å². The van der Waals surface area contributed by atoms with Gasteiger partial charge in [0.2, 0.25) is 5.91 Å². The van der Waals surface area contributed by atoms with Crippen LogP contribution in [-0.2, 0) is 9.59 Å². The maximum absolute atomic E-state index is 12.1. The molecule has 0 spiro atoms. The standard InChI is InChI=1S/C25H24N8O2/c1-15(19-5-2-3-6-20(19)32-10-4-9-26-32)28-21-13-22(29-18-7-8-18)33-24(30-21)17(14-27-33)11-16-12-23(34)31-25(16)35/h2-6,9-11,13-15,18,29H,7-8,12H2,1H3,(H,28,30)(H,31,34,35)/b16-11+. The molecule has 1 unspecified atom stereocenters. The van der Waals surface area contributed by atoms with Crippen molar-refractivity contribution in [3.8, 4) is 5.69 Å². The Morgan fingerprint density at radius 2 is 2.03 bits per heavy atom. The van der Waals surface area contributed by atoms with Crippen LogP contribution in [0.25, 0.3) is 17.4 Å². The highest BCUT2D eigenvalue weighted by Crippen LogP contribution is 2.30. The van der Waals surface area contributed by atoms with Crippen molar-refractivity contribution in [3.05, 3.63) is 71.7 Å². The minimum absolute atomic E-state index is 0.0581. The zero-order valence-corrected chi connectivity index (χ0v) is 19.1. The summed E-state index contributed by atoms with van der Waals surface area (Å²) in [5, 5.41) is 18.3. The molecule has 1 aliphatic heterocycles. The van der Waals surface area contributed by atoms with Gasteiger partial charge in [0.25, 0.3) is 5.91 Å². The fourth-order valence-corrected chi connectivity index (χ4v) is 4.28. The van der Waals surface area contributed by atoms with Gasteiger partial charge in [0, 0.05) is 35.6 Å². The molecule has 3 aromatic heterocycles. The quantitative estimate of drug-likeness (QED) is 0.282. The Hall–Kier alpha value is -4.47. The molecule has 1 saturated carbocycles. The van der Waals surface area contributed by atoms with Crippen LogP contribution in [-0.4, -0.2) is 42.2 Å². The number of hydrogen-bond acceptors (Lipinski definition) is 7. The van der Waals surface area contributed by atoms with E-state index in [4.69, 9.17) is 4.98 Å². The monoisotopic (exact) mass is 468 g/mol. The molecule has 6 rings (SSSR count). The van der Waals surface area contributed by atoms with E-state index < -0.39 is 0 Å². The molecule has 1 atom stereocenters. The van der Waals surface area contributed by atoms with E-state index in [0.29, 0.717) is 28.6 Å². The summed E-state index contributed by atoms with van der Waals surface area (Å²) in [5.74, 6) is 0.831. The molecule has 0 bridgehead atoms. The summed E-state index contributed by atoms with van der Waals surface area (Å²) >= 11 is 0. The lowest BCUT2D eigenvalue weighted by Gasteiger charge is -2.19. The summed E-state index contributed by atoms with van der Waals surface area (Å²) in [5.41, 5.74) is 3.75. The van der Waals surface area contributed by atoms with Crippen LogP contribution in [0.1, 0.15) is 43.4 Å². The Balaban J connectivity index is 1.38. The van der Waals surface area contributed by atoms with E-state index in [9.17, 15) is 9.59 Å². The number of carbonyl (C=O) groups excluding carboxylic acids is 2. The lowest BCUT2D eigenvalue weighted by molar-refractivity contribution is -0.124. The third-order valence-electron chi connectivity index (χ3n) is 6.17. The SMILES string of the molecule is CC(Nc1cc(NC2CC2)n2ncc(/C=C3\CC(=O)NC3=O)c2n1)c1ccccc1-n1cccn1. The molecule has 2 aliphatic rings. The van der Waals surface area contributed by atoms with Gasteiger partial charge in [0.15, 0.2) is 5.65 Å². The number of nitrogens with zero attached hydrogens (tertiary/aromatic N) is 5. The van der Waals surface area contributed by atoms with Crippen molar-refractivity contribution in [2.24, 2.45) is 0 Å². The molecule has 1 saturated heterocycles. The molecule has 4 heterocycles. The number of benzene rings is 1. The summed E-state index contributed by atoms with van der Waals surface area (Å²) in [6.45, 7) is 2.08. The van der Waals surface area contributed by atoms with Crippen LogP contribution >= 0.6 is 0 Å². The lowest BCUT2D eigenvalue weighted by atomic mass is 10.1. The van der Waals surface area contributed by atoms with Crippen molar-refractivity contribution in [3.63, 3.8) is 0 Å². The molecule has 1 aliphatic carbocycles. The van der Waals surface area contributed by atoms with Gasteiger partial charge in [-0.05, 0) is 43.5 Å². The van der Waals surface area contributed by atoms with Gasteiger partial charge < -0.3 is 10.6 Å². The maximum atomic E-state index is 12.1. The zero-order valence-electron chi connectivity index (χ0n) is 19.1. The van der Waals surface area contributed by atoms with Crippen LogP contribution in [0.5, 0.6) is 0 Å². The Morgan fingerprint density at radius 3 is 2.77 bits per heavy atom. The molecule has 1 aromatic carbocycles. The van der Waals surface area contributed by atoms with Gasteiger partial charge >= 0.3 is 0 Å². The van der Waals surface area contributed by atoms with Crippen molar-refractivity contribution in [2.45, 2.75) is 38.3 Å². The van der Waals surface area contributed by atoms with Crippen molar-refractivity contribution >= 4 is 35.2 Å². The van der Waals surface area contributed by atoms with Crippen molar-refractivity contribution < 1.29 is 9.59 Å². The normalized spacial score (nSPS) is 17.7. The summed E-state index contributed by atoms with van der Waals surface area (Å²) in [6, 6.07) is 12.3. The predicted octanol–water partition coefficient (Wildman–Crippen LogP) is 3.09. The minimum Gasteiger partial charge on any atom is -0.367 e. The van der Waals surface area contributed by atoms with Crippen molar-refractivity contribution in [1.82, 2.24) is 29.7 Å². The second kappa shape index (κ2) is 8.39. The number of aromatic nitrogens is 5. The molecule has 2 fully saturated rings. The number of rotatable bonds is 7. The van der Waals surface area contributed by atoms with E-state index in [1.807, 2.05) is 41.2 Å². The molecular formula is C25H24N8O2.